The first-order valence-corrected chi connectivity index (χ1v) is 9.99. The van der Waals surface area contributed by atoms with E-state index in [1.807, 2.05) is 18.5 Å². The molecule has 0 spiro atoms. The van der Waals surface area contributed by atoms with E-state index in [0.717, 1.165) is 17.5 Å². The van der Waals surface area contributed by atoms with Gasteiger partial charge in [-0.1, -0.05) is 71.0 Å². The Morgan fingerprint density at radius 3 is 2.18 bits per heavy atom. The zero-order valence-corrected chi connectivity index (χ0v) is 17.5. The van der Waals surface area contributed by atoms with Crippen LogP contribution in [0.15, 0.2) is 67.0 Å². The average molecular weight is 369 g/mol. The summed E-state index contributed by atoms with van der Waals surface area (Å²) in [6.07, 6.45) is 4.78. The van der Waals surface area contributed by atoms with E-state index in [2.05, 4.69) is 88.1 Å². The van der Waals surface area contributed by atoms with Crippen molar-refractivity contribution in [1.29, 1.82) is 0 Å². The first kappa shape index (κ1) is 18.6. The minimum absolute atomic E-state index is 0.0193. The SMILES string of the molecule is CC(C)(C)c1cccc2c(CC(C)(C)c3cccc4ncccc34)ccnc12. The molecule has 0 amide bonds. The monoisotopic (exact) mass is 368 g/mol. The Bertz CT molecular complexity index is 1140. The zero-order valence-electron chi connectivity index (χ0n) is 17.5. The van der Waals surface area contributed by atoms with Crippen molar-refractivity contribution in [3.8, 4) is 0 Å². The number of benzene rings is 2. The van der Waals surface area contributed by atoms with Gasteiger partial charge in [0.25, 0.3) is 0 Å². The van der Waals surface area contributed by atoms with Gasteiger partial charge in [-0.05, 0) is 52.1 Å². The van der Waals surface area contributed by atoms with Crippen LogP contribution in [0.2, 0.25) is 0 Å². The molecular weight excluding hydrogens is 340 g/mol. The van der Waals surface area contributed by atoms with Crippen LogP contribution in [0.1, 0.15) is 51.3 Å². The number of aromatic nitrogens is 2. The van der Waals surface area contributed by atoms with Crippen molar-refractivity contribution < 1.29 is 0 Å². The highest BCUT2D eigenvalue weighted by Crippen LogP contribution is 2.36. The maximum absolute atomic E-state index is 4.75. The smallest absolute Gasteiger partial charge is 0.0742 e. The lowest BCUT2D eigenvalue weighted by Gasteiger charge is -2.28. The standard InChI is InChI=1S/C26H28N2/c1-25(2,3)22-12-6-9-19-18(14-16-28-24(19)22)17-26(4,5)21-11-7-13-23-20(21)10-8-15-27-23/h6-16H,17H2,1-5H3. The Labute approximate surface area is 167 Å². The number of hydrogen-bond donors (Lipinski definition) is 0. The molecule has 0 N–H and O–H groups in total. The molecular formula is C26H28N2. The lowest BCUT2D eigenvalue weighted by molar-refractivity contribution is 0.528. The molecule has 0 atom stereocenters. The molecule has 142 valence electrons. The van der Waals surface area contributed by atoms with Crippen LogP contribution in [0.5, 0.6) is 0 Å². The molecule has 2 heterocycles. The normalized spacial score (nSPS) is 12.6. The van der Waals surface area contributed by atoms with Crippen LogP contribution in [0, 0.1) is 0 Å². The predicted molar refractivity (Wildman–Crippen MR) is 119 cm³/mol. The van der Waals surface area contributed by atoms with E-state index >= 15 is 0 Å². The molecule has 0 saturated carbocycles. The van der Waals surface area contributed by atoms with Crippen molar-refractivity contribution in [2.75, 3.05) is 0 Å². The van der Waals surface area contributed by atoms with Crippen molar-refractivity contribution in [2.45, 2.75) is 51.9 Å². The van der Waals surface area contributed by atoms with Crippen LogP contribution in [-0.4, -0.2) is 9.97 Å². The van der Waals surface area contributed by atoms with Gasteiger partial charge < -0.3 is 0 Å². The van der Waals surface area contributed by atoms with Crippen LogP contribution in [0.4, 0.5) is 0 Å². The molecule has 4 aromatic rings. The average Bonchev–Trinajstić information content (AvgIpc) is 2.66. The van der Waals surface area contributed by atoms with Crippen LogP contribution in [-0.2, 0) is 17.3 Å². The molecule has 0 unspecified atom stereocenters. The molecule has 0 radical (unpaired) electrons. The van der Waals surface area contributed by atoms with Gasteiger partial charge in [0.05, 0.1) is 11.0 Å². The fourth-order valence-corrected chi connectivity index (χ4v) is 4.26. The third kappa shape index (κ3) is 3.28. The molecule has 0 aliphatic carbocycles. The summed E-state index contributed by atoms with van der Waals surface area (Å²) in [6, 6.07) is 19.4. The number of fused-ring (bicyclic) bond motifs is 2. The maximum atomic E-state index is 4.75. The lowest BCUT2D eigenvalue weighted by Crippen LogP contribution is -2.21. The van der Waals surface area contributed by atoms with Crippen LogP contribution in [0.25, 0.3) is 21.8 Å². The second-order valence-electron chi connectivity index (χ2n) is 9.36. The van der Waals surface area contributed by atoms with Gasteiger partial charge in [-0.15, -0.1) is 0 Å². The summed E-state index contributed by atoms with van der Waals surface area (Å²) in [6.45, 7) is 11.4. The van der Waals surface area contributed by atoms with Crippen LogP contribution >= 0.6 is 0 Å². The van der Waals surface area contributed by atoms with Crippen LogP contribution < -0.4 is 0 Å². The molecule has 4 rings (SSSR count). The second-order valence-corrected chi connectivity index (χ2v) is 9.36. The Kier molecular flexibility index (Phi) is 4.45. The summed E-state index contributed by atoms with van der Waals surface area (Å²) in [5, 5.41) is 2.50. The zero-order chi connectivity index (χ0) is 19.9. The van der Waals surface area contributed by atoms with Crippen LogP contribution in [0.3, 0.4) is 0 Å². The van der Waals surface area contributed by atoms with E-state index < -0.39 is 0 Å². The first-order valence-electron chi connectivity index (χ1n) is 9.99. The summed E-state index contributed by atoms with van der Waals surface area (Å²) in [7, 11) is 0. The molecule has 0 aliphatic rings. The Hall–Kier alpha value is -2.74. The van der Waals surface area contributed by atoms with E-state index in [4.69, 9.17) is 4.98 Å². The van der Waals surface area contributed by atoms with Gasteiger partial charge in [0.15, 0.2) is 0 Å². The Morgan fingerprint density at radius 2 is 1.39 bits per heavy atom. The van der Waals surface area contributed by atoms with E-state index in [0.29, 0.717) is 0 Å². The number of hydrogen-bond acceptors (Lipinski definition) is 2. The molecule has 0 aliphatic heterocycles. The molecule has 2 nitrogen and oxygen atoms in total. The van der Waals surface area contributed by atoms with Gasteiger partial charge in [0.1, 0.15) is 0 Å². The van der Waals surface area contributed by atoms with E-state index in [1.54, 1.807) is 0 Å². The van der Waals surface area contributed by atoms with Gasteiger partial charge in [-0.3, -0.25) is 9.97 Å². The van der Waals surface area contributed by atoms with Crippen molar-refractivity contribution in [2.24, 2.45) is 0 Å². The molecule has 2 aromatic carbocycles. The lowest BCUT2D eigenvalue weighted by atomic mass is 9.76. The van der Waals surface area contributed by atoms with E-state index in [-0.39, 0.29) is 10.8 Å². The third-order valence-corrected chi connectivity index (χ3v) is 5.68. The summed E-state index contributed by atoms with van der Waals surface area (Å²) in [5.41, 5.74) is 6.23. The maximum Gasteiger partial charge on any atom is 0.0742 e. The number of nitrogens with zero attached hydrogens (tertiary/aromatic N) is 2. The van der Waals surface area contributed by atoms with Gasteiger partial charge >= 0.3 is 0 Å². The molecule has 2 heteroatoms. The fourth-order valence-electron chi connectivity index (χ4n) is 4.26. The number of rotatable bonds is 3. The highest BCUT2D eigenvalue weighted by molar-refractivity contribution is 5.86. The fraction of sp³-hybridized carbons (Fsp3) is 0.308. The summed E-state index contributed by atoms with van der Waals surface area (Å²) in [5.74, 6) is 0. The van der Waals surface area contributed by atoms with Gasteiger partial charge in [-0.25, -0.2) is 0 Å². The highest BCUT2D eigenvalue weighted by atomic mass is 14.7. The Balaban J connectivity index is 1.83. The summed E-state index contributed by atoms with van der Waals surface area (Å²) in [4.78, 5) is 9.29. The van der Waals surface area contributed by atoms with Crippen molar-refractivity contribution >= 4 is 21.8 Å². The minimum atomic E-state index is -0.0193. The minimum Gasteiger partial charge on any atom is -0.256 e. The summed E-state index contributed by atoms with van der Waals surface area (Å²) < 4.78 is 0. The quantitative estimate of drug-likeness (QED) is 0.407. The molecule has 0 bridgehead atoms. The number of para-hydroxylation sites is 1. The van der Waals surface area contributed by atoms with Crippen molar-refractivity contribution in [3.63, 3.8) is 0 Å². The third-order valence-electron chi connectivity index (χ3n) is 5.68. The van der Waals surface area contributed by atoms with E-state index in [1.165, 1.54) is 27.5 Å². The predicted octanol–water partition coefficient (Wildman–Crippen LogP) is 6.60. The van der Waals surface area contributed by atoms with Gasteiger partial charge in [0.2, 0.25) is 0 Å². The second kappa shape index (κ2) is 6.70. The number of pyridine rings is 2. The molecule has 28 heavy (non-hydrogen) atoms. The Morgan fingerprint density at radius 1 is 0.679 bits per heavy atom. The van der Waals surface area contributed by atoms with Crippen molar-refractivity contribution in [3.05, 3.63) is 83.7 Å². The highest BCUT2D eigenvalue weighted by Gasteiger charge is 2.25. The molecule has 0 fully saturated rings. The molecule has 0 saturated heterocycles. The largest absolute Gasteiger partial charge is 0.256 e. The van der Waals surface area contributed by atoms with Gasteiger partial charge in [-0.2, -0.15) is 0 Å². The van der Waals surface area contributed by atoms with Gasteiger partial charge in [0, 0.05) is 23.2 Å². The summed E-state index contributed by atoms with van der Waals surface area (Å²) >= 11 is 0. The first-order chi connectivity index (χ1) is 13.3. The van der Waals surface area contributed by atoms with E-state index in [9.17, 15) is 0 Å². The molecule has 2 aromatic heterocycles. The topological polar surface area (TPSA) is 25.8 Å². The van der Waals surface area contributed by atoms with Crippen molar-refractivity contribution in [1.82, 2.24) is 9.97 Å².